The van der Waals surface area contributed by atoms with Crippen molar-refractivity contribution in [1.82, 2.24) is 29.7 Å². The number of aromatic nitrogens is 4. The Morgan fingerprint density at radius 2 is 0.884 bits per heavy atom. The molecule has 0 saturated heterocycles. The van der Waals surface area contributed by atoms with Gasteiger partial charge in [0.15, 0.2) is 0 Å². The summed E-state index contributed by atoms with van der Waals surface area (Å²) in [7, 11) is -5.06. The van der Waals surface area contributed by atoms with Crippen LogP contribution in [0.3, 0.4) is 0 Å². The molecule has 0 saturated carbocycles. The number of H-pyrrole nitrogens is 2. The first-order valence-electron chi connectivity index (χ1n) is 22.3. The molecule has 0 aliphatic rings. The number of rotatable bonds is 16. The van der Waals surface area contributed by atoms with Crippen molar-refractivity contribution in [2.75, 3.05) is 26.4 Å². The second kappa shape index (κ2) is 25.4. The van der Waals surface area contributed by atoms with Gasteiger partial charge in [-0.05, 0) is 30.8 Å². The zero-order chi connectivity index (χ0) is 50.8. The maximum atomic E-state index is 12.6. The van der Waals surface area contributed by atoms with E-state index in [0.29, 0.717) is 0 Å². The van der Waals surface area contributed by atoms with Gasteiger partial charge in [0.05, 0.1) is 38.5 Å². The highest BCUT2D eigenvalue weighted by atomic mass is 35.6. The molecule has 19 heteroatoms. The molecule has 0 spiro atoms. The van der Waals surface area contributed by atoms with Crippen LogP contribution >= 0.6 is 11.1 Å². The zero-order valence-electron chi connectivity index (χ0n) is 39.7. The van der Waals surface area contributed by atoms with Crippen LogP contribution < -0.4 is 53.9 Å². The summed E-state index contributed by atoms with van der Waals surface area (Å²) < 4.78 is 8.85. The Morgan fingerprint density at radius 3 is 1.19 bits per heavy atom. The van der Waals surface area contributed by atoms with Gasteiger partial charge in [0.25, 0.3) is 19.4 Å². The molecule has 0 aliphatic heterocycles. The van der Waals surface area contributed by atoms with Crippen LogP contribution in [0, 0.1) is 0 Å². The number of aliphatic hydroxyl groups excluding tert-OH is 3. The Bertz CT molecular complexity index is 2700. The molecule has 0 bridgehead atoms. The van der Waals surface area contributed by atoms with Crippen molar-refractivity contribution >= 4 is 59.3 Å². The van der Waals surface area contributed by atoms with Crippen LogP contribution in [0.5, 0.6) is 0 Å². The number of benzene rings is 4. The van der Waals surface area contributed by atoms with Crippen LogP contribution in [0.15, 0.2) is 165 Å². The van der Waals surface area contributed by atoms with E-state index in [9.17, 15) is 33.9 Å². The van der Waals surface area contributed by atoms with E-state index in [1.165, 1.54) is 28.8 Å². The summed E-state index contributed by atoms with van der Waals surface area (Å²) in [5.41, 5.74) is -2.45. The van der Waals surface area contributed by atoms with Gasteiger partial charge in [0.2, 0.25) is 19.2 Å². The summed E-state index contributed by atoms with van der Waals surface area (Å²) in [5.74, 6) is -1.02. The molecule has 69 heavy (non-hydrogen) atoms. The minimum Gasteiger partial charge on any atom is -0.405 e. The third kappa shape index (κ3) is 14.9. The minimum atomic E-state index is -2.83. The molecule has 0 radical (unpaired) electrons. The van der Waals surface area contributed by atoms with Crippen LogP contribution in [-0.4, -0.2) is 100 Å². The maximum Gasteiger partial charge on any atom is 0.328 e. The Morgan fingerprint density at radius 1 is 0.551 bits per heavy atom. The number of aromatic amines is 2. The van der Waals surface area contributed by atoms with E-state index in [0.717, 1.165) is 25.6 Å². The number of halogens is 1. The molecule has 6 aromatic rings. The van der Waals surface area contributed by atoms with Crippen molar-refractivity contribution in [3.8, 4) is 0 Å². The number of carbonyl (C=O) groups is 2. The van der Waals surface area contributed by atoms with Crippen molar-refractivity contribution in [3.63, 3.8) is 0 Å². The first-order chi connectivity index (χ1) is 32.7. The highest BCUT2D eigenvalue weighted by molar-refractivity contribution is 7.35. The molecule has 4 aromatic carbocycles. The van der Waals surface area contributed by atoms with Crippen LogP contribution in [0.1, 0.15) is 41.5 Å². The highest BCUT2D eigenvalue weighted by Crippen LogP contribution is 2.39. The Balaban J connectivity index is 0.000000249. The van der Waals surface area contributed by atoms with E-state index in [1.54, 1.807) is 0 Å². The molecule has 6 rings (SSSR count). The van der Waals surface area contributed by atoms with Gasteiger partial charge in [0.1, 0.15) is 13.1 Å². The first kappa shape index (κ1) is 55.3. The molecule has 7 N–H and O–H groups in total. The van der Waals surface area contributed by atoms with Gasteiger partial charge in [-0.2, -0.15) is 11.1 Å². The van der Waals surface area contributed by atoms with E-state index in [4.69, 9.17) is 25.7 Å². The Hall–Kier alpha value is -6.26. The number of aliphatic hydroxyl groups is 3. The lowest BCUT2D eigenvalue weighted by Gasteiger charge is -2.43. The quantitative estimate of drug-likeness (QED) is 0.0544. The summed E-state index contributed by atoms with van der Waals surface area (Å²) in [5, 5.41) is 37.1. The van der Waals surface area contributed by atoms with Gasteiger partial charge in [-0.1, -0.05) is 163 Å². The summed E-state index contributed by atoms with van der Waals surface area (Å²) in [6, 6.07) is 42.1. The van der Waals surface area contributed by atoms with Gasteiger partial charge in [-0.3, -0.25) is 38.3 Å². The smallest absolute Gasteiger partial charge is 0.328 e. The number of amides is 2. The summed E-state index contributed by atoms with van der Waals surface area (Å²) in [6.45, 7) is 11.5. The second-order valence-electron chi connectivity index (χ2n) is 18.2. The van der Waals surface area contributed by atoms with Crippen LogP contribution in [0.4, 0.5) is 0 Å². The van der Waals surface area contributed by atoms with Gasteiger partial charge < -0.3 is 30.4 Å². The predicted octanol–water partition coefficient (Wildman–Crippen LogP) is 1.38. The van der Waals surface area contributed by atoms with Crippen LogP contribution in [-0.2, 0) is 27.1 Å². The number of hydrogen-bond donors (Lipinski definition) is 7. The first-order valence-corrected chi connectivity index (χ1v) is 27.2. The fourth-order valence-electron chi connectivity index (χ4n) is 7.64. The van der Waals surface area contributed by atoms with Crippen LogP contribution in [0.2, 0.25) is 10.1 Å². The van der Waals surface area contributed by atoms with E-state index in [-0.39, 0.29) is 36.4 Å². The third-order valence-corrected chi connectivity index (χ3v) is 23.4. The van der Waals surface area contributed by atoms with Gasteiger partial charge in [0, 0.05) is 24.5 Å². The lowest BCUT2D eigenvalue weighted by molar-refractivity contribution is -0.123. The Labute approximate surface area is 407 Å². The normalized spacial score (nSPS) is 12.2. The minimum absolute atomic E-state index is 0.0667. The molecule has 2 aromatic heterocycles. The molecule has 1 atom stereocenters. The third-order valence-electron chi connectivity index (χ3n) is 11.1. The zero-order valence-corrected chi connectivity index (χ0v) is 42.5. The van der Waals surface area contributed by atoms with E-state index < -0.39 is 75.3 Å². The van der Waals surface area contributed by atoms with Crippen molar-refractivity contribution in [1.29, 1.82) is 0 Å². The largest absolute Gasteiger partial charge is 0.405 e. The average molecular weight is 1000 g/mol. The topological polar surface area (TPSA) is 238 Å². The standard InChI is InChI=1S/C25H31N3O5Si.C16H19ClSi.C9H13N3O5/c1-25(2,3)34(20-10-6-4-7-11-20,21-12-8-5-9-13-21)33-18-19(17-29)26-23(31)16-28-15-14-22(30)27-24(28)32;1-16(2,3)18(17,14-10-6-4-7-11-14)15-12-8-5-9-13-15;13-4-6(5-14)10-8(16)3-12-2-1-7(15)11-9(12)17/h4-15,19,29H,16-18H2,1-3H3,(H,26,31)(H,27,30,32);4-13H,1-3H3;1-2,6,13-14H,3-5H2,(H,10,16)(H,11,15,17). The fourth-order valence-corrected chi connectivity index (χ4v) is 16.4. The molecule has 2 amide bonds. The van der Waals surface area contributed by atoms with E-state index >= 15 is 0 Å². The molecule has 0 aliphatic carbocycles. The lowest BCUT2D eigenvalue weighted by Crippen LogP contribution is -2.67. The van der Waals surface area contributed by atoms with E-state index in [2.05, 4.69) is 130 Å². The van der Waals surface area contributed by atoms with Gasteiger partial charge >= 0.3 is 11.4 Å². The predicted molar refractivity (Wildman–Crippen MR) is 275 cm³/mol. The molecular formula is C50H63ClN6O10Si2. The summed E-state index contributed by atoms with van der Waals surface area (Å²) in [6.07, 6.45) is 2.45. The highest BCUT2D eigenvalue weighted by Gasteiger charge is 2.50. The van der Waals surface area contributed by atoms with Crippen molar-refractivity contribution in [3.05, 3.63) is 188 Å². The molecule has 1 unspecified atom stereocenters. The average Bonchev–Trinajstić information content (AvgIpc) is 3.33. The van der Waals surface area contributed by atoms with Gasteiger partial charge in [-0.25, -0.2) is 9.59 Å². The second-order valence-corrected chi connectivity index (χ2v) is 28.1. The maximum absolute atomic E-state index is 12.6. The van der Waals surface area contributed by atoms with Crippen molar-refractivity contribution in [2.24, 2.45) is 0 Å². The molecule has 2 heterocycles. The molecule has 0 fully saturated rings. The van der Waals surface area contributed by atoms with Crippen molar-refractivity contribution < 1.29 is 29.3 Å². The van der Waals surface area contributed by atoms with E-state index in [1.807, 2.05) is 53.5 Å². The number of carbonyl (C=O) groups excluding carboxylic acids is 2. The SMILES string of the molecule is CC(C)(C)[Si](Cl)(c1ccccc1)c1ccccc1.CC(C)(C)[Si](OCC(CO)NC(=O)Cn1ccc(=O)[nH]c1=O)(c1ccccc1)c1ccccc1.O=C(Cn1ccc(=O)[nH]c1=O)NC(CO)CO. The molecule has 368 valence electrons. The summed E-state index contributed by atoms with van der Waals surface area (Å²) >= 11 is 7.21. The number of nitrogens with zero attached hydrogens (tertiary/aromatic N) is 2. The van der Waals surface area contributed by atoms with Gasteiger partial charge in [-0.15, -0.1) is 0 Å². The molecular weight excluding hydrogens is 936 g/mol. The Kier molecular flexibility index (Phi) is 20.4. The fraction of sp³-hybridized carbons (Fsp3) is 0.320. The molecule has 16 nitrogen and oxygen atoms in total. The monoisotopic (exact) mass is 998 g/mol. The number of nitrogens with one attached hydrogen (secondary N) is 4. The number of hydrogen-bond acceptors (Lipinski definition) is 10. The summed E-state index contributed by atoms with van der Waals surface area (Å²) in [4.78, 5) is 73.2. The lowest BCUT2D eigenvalue weighted by atomic mass is 10.2. The van der Waals surface area contributed by atoms with Crippen molar-refractivity contribution in [2.45, 2.75) is 76.8 Å². The van der Waals surface area contributed by atoms with Crippen LogP contribution in [0.25, 0.3) is 0 Å².